The zero-order valence-corrected chi connectivity index (χ0v) is 17.5. The second-order valence-corrected chi connectivity index (χ2v) is 11.1. The Morgan fingerprint density at radius 3 is 2.74 bits per heavy atom. The fourth-order valence-electron chi connectivity index (χ4n) is 9.67. The SMILES string of the molecule is COC(=O)CC[C@]12[C@@H]3CCC[C@@]34C[C@H](O)[C@@H]3[C@H]4N[C@H]1[C@@H](C(C)C)CC[C@@]32C. The lowest BCUT2D eigenvalue weighted by atomic mass is 9.33. The van der Waals surface area contributed by atoms with Gasteiger partial charge in [-0.1, -0.05) is 27.2 Å². The van der Waals surface area contributed by atoms with Crippen LogP contribution < -0.4 is 5.32 Å². The van der Waals surface area contributed by atoms with Crippen molar-refractivity contribution in [2.24, 2.45) is 39.9 Å². The Hall–Kier alpha value is -0.610. The molecule has 0 aromatic rings. The molecular formula is C23H37NO3. The van der Waals surface area contributed by atoms with Crippen LogP contribution in [0.4, 0.5) is 0 Å². The third kappa shape index (κ3) is 1.95. The van der Waals surface area contributed by atoms with Gasteiger partial charge in [0.1, 0.15) is 0 Å². The van der Waals surface area contributed by atoms with Crippen molar-refractivity contribution in [3.63, 3.8) is 0 Å². The first-order valence-corrected chi connectivity index (χ1v) is 11.3. The van der Waals surface area contributed by atoms with Crippen LogP contribution in [0.25, 0.3) is 0 Å². The van der Waals surface area contributed by atoms with Crippen molar-refractivity contribution >= 4 is 5.97 Å². The van der Waals surface area contributed by atoms with Crippen molar-refractivity contribution in [1.29, 1.82) is 0 Å². The minimum atomic E-state index is -0.176. The number of aliphatic hydroxyl groups is 1. The zero-order chi connectivity index (χ0) is 19.2. The highest BCUT2D eigenvalue weighted by molar-refractivity contribution is 5.69. The summed E-state index contributed by atoms with van der Waals surface area (Å²) in [5.41, 5.74) is 0.540. The van der Waals surface area contributed by atoms with Crippen molar-refractivity contribution in [3.05, 3.63) is 0 Å². The number of esters is 1. The van der Waals surface area contributed by atoms with Gasteiger partial charge in [0, 0.05) is 24.4 Å². The zero-order valence-electron chi connectivity index (χ0n) is 17.5. The largest absolute Gasteiger partial charge is 0.469 e. The molecule has 2 N–H and O–H groups in total. The van der Waals surface area contributed by atoms with Gasteiger partial charge in [0.15, 0.2) is 0 Å². The van der Waals surface area contributed by atoms with Gasteiger partial charge < -0.3 is 15.2 Å². The number of piperidine rings is 2. The summed E-state index contributed by atoms with van der Waals surface area (Å²) in [4.78, 5) is 12.2. The summed E-state index contributed by atoms with van der Waals surface area (Å²) >= 11 is 0. The van der Waals surface area contributed by atoms with E-state index in [-0.39, 0.29) is 28.3 Å². The van der Waals surface area contributed by atoms with E-state index in [2.05, 4.69) is 26.1 Å². The molecule has 0 radical (unpaired) electrons. The minimum absolute atomic E-state index is 0.0696. The van der Waals surface area contributed by atoms with Crippen molar-refractivity contribution in [1.82, 2.24) is 5.32 Å². The third-order valence-corrected chi connectivity index (χ3v) is 10.4. The van der Waals surface area contributed by atoms with Crippen LogP contribution in [0, 0.1) is 39.9 Å². The molecule has 6 fully saturated rings. The van der Waals surface area contributed by atoms with E-state index < -0.39 is 0 Å². The van der Waals surface area contributed by atoms with Crippen LogP contribution in [0.5, 0.6) is 0 Å². The summed E-state index contributed by atoms with van der Waals surface area (Å²) in [6.07, 6.45) is 8.56. The van der Waals surface area contributed by atoms with Crippen LogP contribution in [0.15, 0.2) is 0 Å². The minimum Gasteiger partial charge on any atom is -0.469 e. The van der Waals surface area contributed by atoms with Crippen LogP contribution in [0.1, 0.15) is 72.1 Å². The molecule has 27 heavy (non-hydrogen) atoms. The molecule has 2 heterocycles. The number of ether oxygens (including phenoxy) is 1. The Morgan fingerprint density at radius 2 is 2.04 bits per heavy atom. The van der Waals surface area contributed by atoms with Gasteiger partial charge in [0.2, 0.25) is 0 Å². The van der Waals surface area contributed by atoms with Gasteiger partial charge in [0.25, 0.3) is 0 Å². The van der Waals surface area contributed by atoms with Crippen LogP contribution in [0.2, 0.25) is 0 Å². The predicted molar refractivity (Wildman–Crippen MR) is 104 cm³/mol. The van der Waals surface area contributed by atoms with Crippen LogP contribution in [-0.4, -0.2) is 36.4 Å². The average molecular weight is 376 g/mol. The monoisotopic (exact) mass is 375 g/mol. The second-order valence-electron chi connectivity index (χ2n) is 11.1. The van der Waals surface area contributed by atoms with E-state index in [0.29, 0.717) is 42.2 Å². The van der Waals surface area contributed by atoms with Crippen molar-refractivity contribution in [2.75, 3.05) is 7.11 Å². The highest BCUT2D eigenvalue weighted by Crippen LogP contribution is 2.80. The maximum atomic E-state index is 12.2. The smallest absolute Gasteiger partial charge is 0.305 e. The highest BCUT2D eigenvalue weighted by atomic mass is 16.5. The van der Waals surface area contributed by atoms with Crippen LogP contribution in [-0.2, 0) is 9.53 Å². The summed E-state index contributed by atoms with van der Waals surface area (Å²) in [6.45, 7) is 7.24. The second kappa shape index (κ2) is 5.72. The maximum absolute atomic E-state index is 12.2. The Morgan fingerprint density at radius 1 is 1.26 bits per heavy atom. The molecule has 1 spiro atoms. The molecule has 4 nitrogen and oxygen atoms in total. The Balaban J connectivity index is 1.67. The van der Waals surface area contributed by atoms with E-state index in [1.165, 1.54) is 39.2 Å². The van der Waals surface area contributed by atoms with Gasteiger partial charge in [-0.3, -0.25) is 4.79 Å². The molecule has 2 saturated heterocycles. The standard InChI is InChI=1S/C23H37NO3/c1-13(2)14-7-10-21(3)18-15(25)12-22-9-5-6-16(22)23(21,11-8-17(26)27-4)19(14)24-20(18)22/h13-16,18-20,24-25H,5-12H2,1-4H3/t14-,15+,16-,18-,19+,20-,21+,22-,23+/m1/s1. The van der Waals surface area contributed by atoms with Gasteiger partial charge in [-0.15, -0.1) is 0 Å². The van der Waals surface area contributed by atoms with Crippen molar-refractivity contribution in [2.45, 2.75) is 90.3 Å². The molecule has 0 aromatic heterocycles. The van der Waals surface area contributed by atoms with Gasteiger partial charge in [-0.2, -0.15) is 0 Å². The van der Waals surface area contributed by atoms with Crippen molar-refractivity contribution in [3.8, 4) is 0 Å². The lowest BCUT2D eigenvalue weighted by Gasteiger charge is -2.76. The fourth-order valence-corrected chi connectivity index (χ4v) is 9.67. The molecule has 0 unspecified atom stereocenters. The van der Waals surface area contributed by atoms with Crippen molar-refractivity contribution < 1.29 is 14.6 Å². The number of methoxy groups -OCH3 is 1. The third-order valence-electron chi connectivity index (χ3n) is 10.4. The summed E-state index contributed by atoms with van der Waals surface area (Å²) in [5.74, 6) is 2.27. The predicted octanol–water partition coefficient (Wildman–Crippen LogP) is 3.52. The molecule has 0 aromatic carbocycles. The Bertz CT molecular complexity index is 650. The lowest BCUT2D eigenvalue weighted by molar-refractivity contribution is -0.252. The number of nitrogens with one attached hydrogen (secondary N) is 1. The van der Waals surface area contributed by atoms with E-state index in [9.17, 15) is 9.90 Å². The molecule has 6 bridgehead atoms. The molecular weight excluding hydrogens is 338 g/mol. The van der Waals surface area contributed by atoms with E-state index >= 15 is 0 Å². The number of aliphatic hydroxyl groups excluding tert-OH is 1. The highest BCUT2D eigenvalue weighted by Gasteiger charge is 2.81. The number of carbonyl (C=O) groups excluding carboxylic acids is 1. The molecule has 6 rings (SSSR count). The number of hydrogen-bond acceptors (Lipinski definition) is 4. The topological polar surface area (TPSA) is 58.6 Å². The van der Waals surface area contributed by atoms with Gasteiger partial charge in [0.05, 0.1) is 13.2 Å². The number of carbonyl (C=O) groups is 1. The number of hydrogen-bond donors (Lipinski definition) is 2. The fraction of sp³-hybridized carbons (Fsp3) is 0.957. The molecule has 4 aliphatic carbocycles. The summed E-state index contributed by atoms with van der Waals surface area (Å²) < 4.78 is 5.06. The van der Waals surface area contributed by atoms with Gasteiger partial charge >= 0.3 is 5.97 Å². The Kier molecular flexibility index (Phi) is 3.90. The summed E-state index contributed by atoms with van der Waals surface area (Å²) in [6, 6.07) is 0.972. The molecule has 152 valence electrons. The van der Waals surface area contributed by atoms with E-state index in [1.807, 2.05) is 0 Å². The molecule has 4 saturated carbocycles. The molecule has 6 aliphatic rings. The maximum Gasteiger partial charge on any atom is 0.305 e. The summed E-state index contributed by atoms with van der Waals surface area (Å²) in [5, 5.41) is 15.4. The molecule has 2 aliphatic heterocycles. The van der Waals surface area contributed by atoms with E-state index in [4.69, 9.17) is 4.74 Å². The molecule has 9 atom stereocenters. The quantitative estimate of drug-likeness (QED) is 0.738. The van der Waals surface area contributed by atoms with Gasteiger partial charge in [-0.05, 0) is 72.5 Å². The first-order chi connectivity index (χ1) is 12.8. The van der Waals surface area contributed by atoms with Crippen LogP contribution >= 0.6 is 0 Å². The first kappa shape index (κ1) is 18.4. The average Bonchev–Trinajstić information content (AvgIpc) is 3.15. The van der Waals surface area contributed by atoms with Gasteiger partial charge in [-0.25, -0.2) is 0 Å². The Labute approximate surface area is 163 Å². The molecule has 0 amide bonds. The lowest BCUT2D eigenvalue weighted by Crippen LogP contribution is -2.81. The summed E-state index contributed by atoms with van der Waals surface area (Å²) in [7, 11) is 1.51. The van der Waals surface area contributed by atoms with E-state index in [1.54, 1.807) is 0 Å². The van der Waals surface area contributed by atoms with Crippen LogP contribution in [0.3, 0.4) is 0 Å². The normalized spacial score (nSPS) is 55.0. The number of rotatable bonds is 4. The molecule has 4 heteroatoms. The van der Waals surface area contributed by atoms with E-state index in [0.717, 1.165) is 12.8 Å². The first-order valence-electron chi connectivity index (χ1n) is 11.3.